The van der Waals surface area contributed by atoms with Crippen LogP contribution in [0.1, 0.15) is 42.8 Å². The lowest BCUT2D eigenvalue weighted by Gasteiger charge is -2.33. The topological polar surface area (TPSA) is 113 Å². The number of carbonyl (C=O) groups is 2. The SMILES string of the molecule is Cc1ccc(-c2nnn(CC(=O)N(Cc3cccs3)C(C(=O)NC(C)(C)C)c3ccc(O)cc3)n2)cc1. The fourth-order valence-electron chi connectivity index (χ4n) is 3.80. The van der Waals surface area contributed by atoms with Crippen LogP contribution in [0.5, 0.6) is 5.75 Å². The summed E-state index contributed by atoms with van der Waals surface area (Å²) < 4.78 is 0. The molecule has 0 radical (unpaired) electrons. The minimum atomic E-state index is -0.936. The number of phenols is 1. The Bertz CT molecular complexity index is 1340. The van der Waals surface area contributed by atoms with E-state index in [1.807, 2.05) is 69.5 Å². The number of hydrogen-bond donors (Lipinski definition) is 2. The lowest BCUT2D eigenvalue weighted by molar-refractivity contribution is -0.143. The highest BCUT2D eigenvalue weighted by atomic mass is 32.1. The van der Waals surface area contributed by atoms with Crippen molar-refractivity contribution in [3.05, 3.63) is 82.0 Å². The van der Waals surface area contributed by atoms with Gasteiger partial charge in [0.25, 0.3) is 0 Å². The molecule has 9 nitrogen and oxygen atoms in total. The predicted molar refractivity (Wildman–Crippen MR) is 142 cm³/mol. The second-order valence-electron chi connectivity index (χ2n) is 9.84. The van der Waals surface area contributed by atoms with Gasteiger partial charge in [-0.1, -0.05) is 48.0 Å². The first-order chi connectivity index (χ1) is 17.6. The van der Waals surface area contributed by atoms with Gasteiger partial charge in [-0.3, -0.25) is 9.59 Å². The van der Waals surface area contributed by atoms with Crippen molar-refractivity contribution in [3.8, 4) is 17.1 Å². The Hall–Kier alpha value is -4.05. The van der Waals surface area contributed by atoms with Crippen LogP contribution in [0.25, 0.3) is 11.4 Å². The van der Waals surface area contributed by atoms with E-state index in [1.165, 1.54) is 33.2 Å². The van der Waals surface area contributed by atoms with Crippen molar-refractivity contribution in [3.63, 3.8) is 0 Å². The van der Waals surface area contributed by atoms with Crippen LogP contribution in [0.3, 0.4) is 0 Å². The molecule has 0 fully saturated rings. The number of rotatable bonds is 8. The molecular formula is C27H30N6O3S. The van der Waals surface area contributed by atoms with Crippen LogP contribution in [0, 0.1) is 6.92 Å². The summed E-state index contributed by atoms with van der Waals surface area (Å²) in [5.74, 6) is -0.179. The van der Waals surface area contributed by atoms with Crippen molar-refractivity contribution in [1.29, 1.82) is 0 Å². The minimum Gasteiger partial charge on any atom is -0.508 e. The van der Waals surface area contributed by atoms with Crippen molar-refractivity contribution in [1.82, 2.24) is 30.4 Å². The third-order valence-electron chi connectivity index (χ3n) is 5.53. The van der Waals surface area contributed by atoms with E-state index in [0.717, 1.165) is 16.0 Å². The van der Waals surface area contributed by atoms with E-state index in [0.29, 0.717) is 11.4 Å². The first-order valence-electron chi connectivity index (χ1n) is 11.9. The number of nitrogens with one attached hydrogen (secondary N) is 1. The van der Waals surface area contributed by atoms with E-state index in [2.05, 4.69) is 20.7 Å². The van der Waals surface area contributed by atoms with Crippen LogP contribution in [0.15, 0.2) is 66.0 Å². The van der Waals surface area contributed by atoms with Gasteiger partial charge in [-0.05, 0) is 62.1 Å². The highest BCUT2D eigenvalue weighted by Gasteiger charge is 2.34. The van der Waals surface area contributed by atoms with Crippen molar-refractivity contribution in [2.24, 2.45) is 0 Å². The summed E-state index contributed by atoms with van der Waals surface area (Å²) >= 11 is 1.50. The van der Waals surface area contributed by atoms with E-state index >= 15 is 0 Å². The van der Waals surface area contributed by atoms with Gasteiger partial charge in [0.15, 0.2) is 0 Å². The number of phenolic OH excluding ortho intramolecular Hbond substituents is 1. The summed E-state index contributed by atoms with van der Waals surface area (Å²) in [4.78, 5) is 31.0. The second kappa shape index (κ2) is 10.9. The van der Waals surface area contributed by atoms with Crippen LogP contribution in [-0.2, 0) is 22.7 Å². The molecule has 37 heavy (non-hydrogen) atoms. The summed E-state index contributed by atoms with van der Waals surface area (Å²) in [6, 6.07) is 16.9. The van der Waals surface area contributed by atoms with E-state index in [4.69, 9.17) is 0 Å². The van der Waals surface area contributed by atoms with Crippen molar-refractivity contribution in [2.75, 3.05) is 0 Å². The van der Waals surface area contributed by atoms with Gasteiger partial charge >= 0.3 is 0 Å². The number of aromatic hydroxyl groups is 1. The number of thiophene rings is 1. The quantitative estimate of drug-likeness (QED) is 0.363. The van der Waals surface area contributed by atoms with Crippen molar-refractivity contribution < 1.29 is 14.7 Å². The highest BCUT2D eigenvalue weighted by Crippen LogP contribution is 2.27. The lowest BCUT2D eigenvalue weighted by atomic mass is 10.0. The van der Waals surface area contributed by atoms with Gasteiger partial charge in [0, 0.05) is 16.0 Å². The maximum absolute atomic E-state index is 13.8. The Balaban J connectivity index is 1.66. The molecule has 10 heteroatoms. The van der Waals surface area contributed by atoms with Crippen LogP contribution >= 0.6 is 11.3 Å². The van der Waals surface area contributed by atoms with Gasteiger partial charge in [-0.15, -0.1) is 21.5 Å². The molecule has 0 aliphatic rings. The first-order valence-corrected chi connectivity index (χ1v) is 12.7. The molecule has 2 aromatic carbocycles. The minimum absolute atomic E-state index is 0.0744. The smallest absolute Gasteiger partial charge is 0.247 e. The third-order valence-corrected chi connectivity index (χ3v) is 6.39. The molecule has 2 N–H and O–H groups in total. The number of aryl methyl sites for hydroxylation is 1. The van der Waals surface area contributed by atoms with E-state index < -0.39 is 11.6 Å². The molecule has 1 atom stereocenters. The van der Waals surface area contributed by atoms with E-state index in [-0.39, 0.29) is 30.7 Å². The monoisotopic (exact) mass is 518 g/mol. The molecular weight excluding hydrogens is 488 g/mol. The number of benzene rings is 2. The summed E-state index contributed by atoms with van der Waals surface area (Å²) in [6.07, 6.45) is 0. The van der Waals surface area contributed by atoms with Crippen molar-refractivity contribution in [2.45, 2.75) is 52.4 Å². The van der Waals surface area contributed by atoms with Gasteiger partial charge in [0.2, 0.25) is 17.6 Å². The molecule has 0 bridgehead atoms. The Morgan fingerprint density at radius 2 is 1.78 bits per heavy atom. The van der Waals surface area contributed by atoms with Gasteiger partial charge < -0.3 is 15.3 Å². The zero-order valence-corrected chi connectivity index (χ0v) is 22.1. The number of carbonyl (C=O) groups excluding carboxylic acids is 2. The molecule has 4 aromatic rings. The Kier molecular flexibility index (Phi) is 7.68. The number of amides is 2. The molecule has 1 unspecified atom stereocenters. The zero-order valence-electron chi connectivity index (χ0n) is 21.3. The summed E-state index contributed by atoms with van der Waals surface area (Å²) in [5, 5.41) is 27.3. The van der Waals surface area contributed by atoms with Crippen LogP contribution in [0.2, 0.25) is 0 Å². The summed E-state index contributed by atoms with van der Waals surface area (Å²) in [5.41, 5.74) is 1.98. The van der Waals surface area contributed by atoms with E-state index in [9.17, 15) is 14.7 Å². The molecule has 0 aliphatic carbocycles. The van der Waals surface area contributed by atoms with Gasteiger partial charge in [0.05, 0.1) is 6.54 Å². The van der Waals surface area contributed by atoms with Gasteiger partial charge in [-0.2, -0.15) is 4.80 Å². The average Bonchev–Trinajstić information content (AvgIpc) is 3.51. The normalized spacial score (nSPS) is 12.2. The molecule has 0 aliphatic heterocycles. The van der Waals surface area contributed by atoms with Gasteiger partial charge in [-0.25, -0.2) is 0 Å². The average molecular weight is 519 g/mol. The maximum atomic E-state index is 13.8. The lowest BCUT2D eigenvalue weighted by Crippen LogP contribution is -2.49. The molecule has 4 rings (SSSR count). The molecule has 0 saturated carbocycles. The predicted octanol–water partition coefficient (Wildman–Crippen LogP) is 4.10. The zero-order chi connectivity index (χ0) is 26.6. The third kappa shape index (κ3) is 6.79. The molecule has 0 saturated heterocycles. The molecule has 192 valence electrons. The summed E-state index contributed by atoms with van der Waals surface area (Å²) in [6.45, 7) is 7.68. The van der Waals surface area contributed by atoms with Gasteiger partial charge in [0.1, 0.15) is 18.3 Å². The molecule has 0 spiro atoms. The Labute approximate surface area is 219 Å². The van der Waals surface area contributed by atoms with E-state index in [1.54, 1.807) is 12.1 Å². The summed E-state index contributed by atoms with van der Waals surface area (Å²) in [7, 11) is 0. The fraction of sp³-hybridized carbons (Fsp3) is 0.296. The largest absolute Gasteiger partial charge is 0.508 e. The first kappa shape index (κ1) is 26.0. The maximum Gasteiger partial charge on any atom is 0.247 e. The van der Waals surface area contributed by atoms with Crippen LogP contribution in [-0.4, -0.2) is 47.6 Å². The number of aromatic nitrogens is 4. The van der Waals surface area contributed by atoms with Crippen LogP contribution in [0.4, 0.5) is 0 Å². The molecule has 2 aromatic heterocycles. The number of tetrazole rings is 1. The standard InChI is InChI=1S/C27H30N6O3S/c1-18-7-9-20(10-8-18)25-29-31-33(30-25)17-23(35)32(16-22-6-5-15-37-22)24(26(36)28-27(2,3)4)19-11-13-21(34)14-12-19/h5-15,24,34H,16-17H2,1-4H3,(H,28,36). The second-order valence-corrected chi connectivity index (χ2v) is 10.9. The molecule has 2 amide bonds. The number of hydrogen-bond acceptors (Lipinski definition) is 7. The Morgan fingerprint density at radius 3 is 2.41 bits per heavy atom. The highest BCUT2D eigenvalue weighted by molar-refractivity contribution is 7.09. The Morgan fingerprint density at radius 1 is 1.08 bits per heavy atom. The molecule has 2 heterocycles. The van der Waals surface area contributed by atoms with Crippen LogP contribution < -0.4 is 5.32 Å². The van der Waals surface area contributed by atoms with Crippen molar-refractivity contribution >= 4 is 23.2 Å². The number of nitrogens with zero attached hydrogens (tertiary/aromatic N) is 5. The fourth-order valence-corrected chi connectivity index (χ4v) is 4.50.